The van der Waals surface area contributed by atoms with Crippen LogP contribution in [0.1, 0.15) is 11.3 Å². The average molecular weight is 218 g/mol. The van der Waals surface area contributed by atoms with E-state index >= 15 is 0 Å². The molecule has 2 rings (SSSR count). The van der Waals surface area contributed by atoms with E-state index < -0.39 is 5.67 Å². The minimum Gasteiger partial charge on any atom is -0.390 e. The summed E-state index contributed by atoms with van der Waals surface area (Å²) in [6, 6.07) is 3.10. The number of pyridine rings is 1. The van der Waals surface area contributed by atoms with Crippen molar-refractivity contribution in [3.63, 3.8) is 0 Å². The molecule has 1 fully saturated rings. The Bertz CT molecular complexity index is 355. The molecule has 14 heavy (non-hydrogen) atoms. The smallest absolute Gasteiger partial charge is 0.185 e. The van der Waals surface area contributed by atoms with E-state index in [0.717, 1.165) is 0 Å². The van der Waals surface area contributed by atoms with Crippen LogP contribution in [0.3, 0.4) is 0 Å². The first kappa shape index (κ1) is 9.83. The Morgan fingerprint density at radius 2 is 2.29 bits per heavy atom. The van der Waals surface area contributed by atoms with Crippen molar-refractivity contribution in [3.8, 4) is 0 Å². The van der Waals surface area contributed by atoms with Gasteiger partial charge >= 0.3 is 0 Å². The maximum atomic E-state index is 13.8. The first-order chi connectivity index (χ1) is 6.65. The number of nitrogens with zero attached hydrogens (tertiary/aromatic N) is 1. The number of hydrogen-bond donors (Lipinski definition) is 1. The summed E-state index contributed by atoms with van der Waals surface area (Å²) in [5.74, 6) is 0. The van der Waals surface area contributed by atoms with Crippen molar-refractivity contribution < 1.29 is 14.2 Å². The van der Waals surface area contributed by atoms with Crippen LogP contribution in [-0.2, 0) is 17.0 Å². The number of aliphatic hydroxyl groups excluding tert-OH is 1. The van der Waals surface area contributed by atoms with Gasteiger partial charge in [-0.3, -0.25) is 0 Å². The van der Waals surface area contributed by atoms with Crippen molar-refractivity contribution in [2.75, 3.05) is 13.2 Å². The molecular formula is C9H9ClFNO2. The normalized spacial score (nSPS) is 19.1. The van der Waals surface area contributed by atoms with Crippen LogP contribution < -0.4 is 0 Å². The predicted molar refractivity (Wildman–Crippen MR) is 48.8 cm³/mol. The molecule has 0 aromatic carbocycles. The summed E-state index contributed by atoms with van der Waals surface area (Å²) in [4.78, 5) is 3.86. The summed E-state index contributed by atoms with van der Waals surface area (Å²) in [5, 5.41) is 8.89. The maximum Gasteiger partial charge on any atom is 0.185 e. The van der Waals surface area contributed by atoms with Gasteiger partial charge in [-0.05, 0) is 6.07 Å². The lowest BCUT2D eigenvalue weighted by molar-refractivity contribution is -0.135. The van der Waals surface area contributed by atoms with E-state index in [1.165, 1.54) is 0 Å². The summed E-state index contributed by atoms with van der Waals surface area (Å²) in [7, 11) is 0. The first-order valence-corrected chi connectivity index (χ1v) is 4.57. The third kappa shape index (κ3) is 1.49. The number of aliphatic hydroxyl groups is 1. The summed E-state index contributed by atoms with van der Waals surface area (Å²) < 4.78 is 18.6. The standard InChI is InChI=1S/C9H9ClFNO2/c10-8-7(9(11)4-14-5-9)2-1-6(3-13)12-8/h1-2,13H,3-5H2. The highest BCUT2D eigenvalue weighted by atomic mass is 35.5. The molecule has 1 aliphatic heterocycles. The van der Waals surface area contributed by atoms with Gasteiger partial charge in [0.15, 0.2) is 5.67 Å². The molecule has 2 heterocycles. The summed E-state index contributed by atoms with van der Waals surface area (Å²) in [6.07, 6.45) is 0. The second kappa shape index (κ2) is 3.46. The van der Waals surface area contributed by atoms with Crippen LogP contribution in [0.15, 0.2) is 12.1 Å². The van der Waals surface area contributed by atoms with Crippen LogP contribution in [0, 0.1) is 0 Å². The minimum absolute atomic E-state index is 0.0207. The number of aromatic nitrogens is 1. The van der Waals surface area contributed by atoms with Gasteiger partial charge < -0.3 is 9.84 Å². The zero-order valence-electron chi connectivity index (χ0n) is 7.33. The average Bonchev–Trinajstić information content (AvgIpc) is 2.14. The third-order valence-corrected chi connectivity index (χ3v) is 2.50. The molecule has 0 amide bonds. The van der Waals surface area contributed by atoms with Gasteiger partial charge in [0.2, 0.25) is 0 Å². The Labute approximate surface area is 85.5 Å². The third-order valence-electron chi connectivity index (χ3n) is 2.21. The Balaban J connectivity index is 2.35. The molecular weight excluding hydrogens is 209 g/mol. The van der Waals surface area contributed by atoms with E-state index in [9.17, 15) is 4.39 Å². The molecule has 0 aliphatic carbocycles. The predicted octanol–water partition coefficient (Wildman–Crippen LogP) is 1.42. The molecule has 0 saturated carbocycles. The fourth-order valence-electron chi connectivity index (χ4n) is 1.33. The Morgan fingerprint density at radius 1 is 1.57 bits per heavy atom. The van der Waals surface area contributed by atoms with Crippen molar-refractivity contribution in [2.45, 2.75) is 12.3 Å². The fourth-order valence-corrected chi connectivity index (χ4v) is 1.67. The second-order valence-electron chi connectivity index (χ2n) is 3.26. The van der Waals surface area contributed by atoms with Crippen molar-refractivity contribution in [2.24, 2.45) is 0 Å². The Kier molecular flexibility index (Phi) is 2.43. The fraction of sp³-hybridized carbons (Fsp3) is 0.444. The lowest BCUT2D eigenvalue weighted by Gasteiger charge is -2.34. The Morgan fingerprint density at radius 3 is 2.71 bits per heavy atom. The molecule has 5 heteroatoms. The van der Waals surface area contributed by atoms with Crippen LogP contribution in [0.5, 0.6) is 0 Å². The molecule has 0 radical (unpaired) electrons. The minimum atomic E-state index is -1.50. The molecule has 1 N–H and O–H groups in total. The number of ether oxygens (including phenoxy) is 1. The Hall–Kier alpha value is -0.710. The summed E-state index contributed by atoms with van der Waals surface area (Å²) >= 11 is 5.79. The number of halogens is 2. The van der Waals surface area contributed by atoms with E-state index in [1.54, 1.807) is 12.1 Å². The number of rotatable bonds is 2. The first-order valence-electron chi connectivity index (χ1n) is 4.19. The monoisotopic (exact) mass is 217 g/mol. The van der Waals surface area contributed by atoms with Gasteiger partial charge in [-0.2, -0.15) is 0 Å². The number of alkyl halides is 1. The largest absolute Gasteiger partial charge is 0.390 e. The quantitative estimate of drug-likeness (QED) is 0.762. The number of hydrogen-bond acceptors (Lipinski definition) is 3. The van der Waals surface area contributed by atoms with E-state index in [4.69, 9.17) is 21.4 Å². The van der Waals surface area contributed by atoms with Gasteiger partial charge in [0.25, 0.3) is 0 Å². The van der Waals surface area contributed by atoms with Crippen LogP contribution in [0.2, 0.25) is 5.15 Å². The summed E-state index contributed by atoms with van der Waals surface area (Å²) in [6.45, 7) is -0.157. The van der Waals surface area contributed by atoms with Gasteiger partial charge in [-0.25, -0.2) is 9.37 Å². The molecule has 1 aromatic heterocycles. The molecule has 1 aliphatic rings. The van der Waals surface area contributed by atoms with Crippen LogP contribution >= 0.6 is 11.6 Å². The summed E-state index contributed by atoms with van der Waals surface area (Å²) in [5.41, 5.74) is -0.733. The highest BCUT2D eigenvalue weighted by molar-refractivity contribution is 6.30. The zero-order valence-corrected chi connectivity index (χ0v) is 8.09. The molecule has 3 nitrogen and oxygen atoms in total. The molecule has 0 atom stereocenters. The van der Waals surface area contributed by atoms with Gasteiger partial charge in [0.05, 0.1) is 25.5 Å². The molecule has 1 saturated heterocycles. The zero-order chi connectivity index (χ0) is 10.2. The van der Waals surface area contributed by atoms with Crippen molar-refractivity contribution in [1.29, 1.82) is 0 Å². The van der Waals surface area contributed by atoms with Crippen LogP contribution in [0.25, 0.3) is 0 Å². The van der Waals surface area contributed by atoms with Gasteiger partial charge in [-0.1, -0.05) is 17.7 Å². The molecule has 1 aromatic rings. The van der Waals surface area contributed by atoms with Crippen molar-refractivity contribution in [1.82, 2.24) is 4.98 Å². The van der Waals surface area contributed by atoms with E-state index in [-0.39, 0.29) is 25.0 Å². The van der Waals surface area contributed by atoms with Gasteiger partial charge in [-0.15, -0.1) is 0 Å². The highest BCUT2D eigenvalue weighted by Crippen LogP contribution is 2.37. The lowest BCUT2D eigenvalue weighted by atomic mass is 9.95. The van der Waals surface area contributed by atoms with Crippen LogP contribution in [-0.4, -0.2) is 23.3 Å². The molecule has 0 bridgehead atoms. The van der Waals surface area contributed by atoms with Crippen LogP contribution in [0.4, 0.5) is 4.39 Å². The van der Waals surface area contributed by atoms with E-state index in [1.807, 2.05) is 0 Å². The lowest BCUT2D eigenvalue weighted by Crippen LogP contribution is -2.42. The SMILES string of the molecule is OCc1ccc(C2(F)COC2)c(Cl)n1. The molecule has 0 unspecified atom stereocenters. The van der Waals surface area contributed by atoms with Crippen molar-refractivity contribution >= 4 is 11.6 Å². The molecule has 0 spiro atoms. The van der Waals surface area contributed by atoms with E-state index in [0.29, 0.717) is 11.3 Å². The second-order valence-corrected chi connectivity index (χ2v) is 3.62. The van der Waals surface area contributed by atoms with E-state index in [2.05, 4.69) is 4.98 Å². The highest BCUT2D eigenvalue weighted by Gasteiger charge is 2.42. The van der Waals surface area contributed by atoms with Gasteiger partial charge in [0.1, 0.15) is 5.15 Å². The van der Waals surface area contributed by atoms with Gasteiger partial charge in [0, 0.05) is 5.56 Å². The molecule has 76 valence electrons. The maximum absolute atomic E-state index is 13.8. The topological polar surface area (TPSA) is 42.4 Å². The van der Waals surface area contributed by atoms with Crippen molar-refractivity contribution in [3.05, 3.63) is 28.5 Å².